The maximum absolute atomic E-state index is 13.2. The lowest BCUT2D eigenvalue weighted by Crippen LogP contribution is -2.20. The summed E-state index contributed by atoms with van der Waals surface area (Å²) in [5, 5.41) is 9.86. The fraction of sp³-hybridized carbons (Fsp3) is 0.125. The number of amides is 1. The molecule has 1 amide bonds. The quantitative estimate of drug-likeness (QED) is 0.673. The summed E-state index contributed by atoms with van der Waals surface area (Å²) in [7, 11) is -2.66. The number of H-pyrrole nitrogens is 1. The van der Waals surface area contributed by atoms with Gasteiger partial charge in [-0.3, -0.25) is 9.89 Å². The molecular weight excluding hydrogens is 349 g/mol. The SMILES string of the molecule is CNC(=O)Cc1[nH]nc2ccc(OS(=O)(=O)c3cccc(F)c3)cc12. The molecule has 0 radical (unpaired) electrons. The monoisotopic (exact) mass is 363 g/mol. The van der Waals surface area contributed by atoms with E-state index in [-0.39, 0.29) is 23.0 Å². The van der Waals surface area contributed by atoms with Crippen molar-refractivity contribution in [3.05, 3.63) is 54.0 Å². The van der Waals surface area contributed by atoms with Crippen LogP contribution in [0.15, 0.2) is 47.4 Å². The van der Waals surface area contributed by atoms with E-state index < -0.39 is 15.9 Å². The van der Waals surface area contributed by atoms with Crippen molar-refractivity contribution in [2.45, 2.75) is 11.3 Å². The van der Waals surface area contributed by atoms with E-state index in [2.05, 4.69) is 15.5 Å². The minimum absolute atomic E-state index is 0.0383. The second-order valence-electron chi connectivity index (χ2n) is 5.23. The first kappa shape index (κ1) is 16.9. The van der Waals surface area contributed by atoms with Crippen LogP contribution >= 0.6 is 0 Å². The Morgan fingerprint density at radius 2 is 2.08 bits per heavy atom. The number of rotatable bonds is 5. The van der Waals surface area contributed by atoms with E-state index in [1.165, 1.54) is 31.3 Å². The van der Waals surface area contributed by atoms with Crippen molar-refractivity contribution in [1.82, 2.24) is 15.5 Å². The van der Waals surface area contributed by atoms with Gasteiger partial charge in [0.1, 0.15) is 16.5 Å². The number of halogens is 1. The van der Waals surface area contributed by atoms with Gasteiger partial charge in [-0.15, -0.1) is 0 Å². The van der Waals surface area contributed by atoms with Crippen LogP contribution in [-0.4, -0.2) is 31.6 Å². The molecule has 0 saturated carbocycles. The molecule has 0 aliphatic rings. The molecular formula is C16H14FN3O4S. The van der Waals surface area contributed by atoms with Crippen molar-refractivity contribution in [2.75, 3.05) is 7.05 Å². The first-order valence-electron chi connectivity index (χ1n) is 7.27. The van der Waals surface area contributed by atoms with Gasteiger partial charge in [0.15, 0.2) is 0 Å². The molecule has 2 aromatic carbocycles. The van der Waals surface area contributed by atoms with Gasteiger partial charge in [-0.25, -0.2) is 4.39 Å². The van der Waals surface area contributed by atoms with E-state index in [0.717, 1.165) is 12.1 Å². The highest BCUT2D eigenvalue weighted by molar-refractivity contribution is 7.87. The van der Waals surface area contributed by atoms with E-state index in [4.69, 9.17) is 4.18 Å². The molecule has 7 nitrogen and oxygen atoms in total. The van der Waals surface area contributed by atoms with E-state index in [1.807, 2.05) is 0 Å². The Kier molecular flexibility index (Phi) is 4.41. The Hall–Kier alpha value is -2.94. The van der Waals surface area contributed by atoms with Crippen molar-refractivity contribution in [3.63, 3.8) is 0 Å². The van der Waals surface area contributed by atoms with Gasteiger partial charge in [0.25, 0.3) is 0 Å². The number of carbonyl (C=O) groups is 1. The van der Waals surface area contributed by atoms with Gasteiger partial charge in [0.2, 0.25) is 5.91 Å². The number of hydrogen-bond donors (Lipinski definition) is 2. The Morgan fingerprint density at radius 1 is 1.28 bits per heavy atom. The molecule has 9 heteroatoms. The molecule has 2 N–H and O–H groups in total. The van der Waals surface area contributed by atoms with Crippen molar-refractivity contribution in [3.8, 4) is 5.75 Å². The van der Waals surface area contributed by atoms with Crippen LogP contribution in [0.5, 0.6) is 5.75 Å². The second-order valence-corrected chi connectivity index (χ2v) is 6.77. The normalized spacial score (nSPS) is 11.4. The molecule has 25 heavy (non-hydrogen) atoms. The lowest BCUT2D eigenvalue weighted by Gasteiger charge is -2.07. The minimum Gasteiger partial charge on any atom is -0.379 e. The molecule has 1 heterocycles. The summed E-state index contributed by atoms with van der Waals surface area (Å²) in [5.74, 6) is -0.858. The summed E-state index contributed by atoms with van der Waals surface area (Å²) in [6.07, 6.45) is 0.0626. The molecule has 0 atom stereocenters. The summed E-state index contributed by atoms with van der Waals surface area (Å²) in [4.78, 5) is 11.2. The Balaban J connectivity index is 1.93. The smallest absolute Gasteiger partial charge is 0.339 e. The Morgan fingerprint density at radius 3 is 2.80 bits per heavy atom. The third-order valence-corrected chi connectivity index (χ3v) is 4.75. The van der Waals surface area contributed by atoms with Gasteiger partial charge in [-0.1, -0.05) is 6.07 Å². The van der Waals surface area contributed by atoms with Crippen LogP contribution in [0.25, 0.3) is 10.9 Å². The van der Waals surface area contributed by atoms with Crippen LogP contribution < -0.4 is 9.50 Å². The van der Waals surface area contributed by atoms with Gasteiger partial charge < -0.3 is 9.50 Å². The molecule has 0 fully saturated rings. The fourth-order valence-corrected chi connectivity index (χ4v) is 3.23. The second kappa shape index (κ2) is 6.52. The zero-order chi connectivity index (χ0) is 18.0. The minimum atomic E-state index is -4.18. The van der Waals surface area contributed by atoms with Crippen LogP contribution in [-0.2, 0) is 21.3 Å². The number of aromatic nitrogens is 2. The Bertz CT molecular complexity index is 1050. The van der Waals surface area contributed by atoms with Crippen LogP contribution in [0.2, 0.25) is 0 Å². The molecule has 0 unspecified atom stereocenters. The average molecular weight is 363 g/mol. The molecule has 130 valence electrons. The number of carbonyl (C=O) groups excluding carboxylic acids is 1. The highest BCUT2D eigenvalue weighted by Gasteiger charge is 2.18. The standard InChI is InChI=1S/C16H14FN3O4S/c1-18-16(21)9-15-13-8-11(5-6-14(13)19-20-15)24-25(22,23)12-4-2-3-10(17)7-12/h2-8H,9H2,1H3,(H,18,21)(H,19,20). The van der Waals surface area contributed by atoms with Crippen molar-refractivity contribution in [1.29, 1.82) is 0 Å². The summed E-state index contributed by atoms with van der Waals surface area (Å²) in [6, 6.07) is 9.01. The van der Waals surface area contributed by atoms with Crippen LogP contribution in [0.4, 0.5) is 4.39 Å². The molecule has 3 aromatic rings. The molecule has 0 aliphatic heterocycles. The molecule has 1 aromatic heterocycles. The summed E-state index contributed by atoms with van der Waals surface area (Å²) in [6.45, 7) is 0. The number of benzene rings is 2. The maximum Gasteiger partial charge on any atom is 0.339 e. The third-order valence-electron chi connectivity index (χ3n) is 3.51. The predicted molar refractivity (Wildman–Crippen MR) is 88.1 cm³/mol. The van der Waals surface area contributed by atoms with Gasteiger partial charge in [0.05, 0.1) is 17.6 Å². The lowest BCUT2D eigenvalue weighted by atomic mass is 10.1. The van der Waals surface area contributed by atoms with Crippen molar-refractivity contribution in [2.24, 2.45) is 0 Å². The number of aromatic amines is 1. The van der Waals surface area contributed by atoms with Gasteiger partial charge in [-0.05, 0) is 36.4 Å². The van der Waals surface area contributed by atoms with Crippen molar-refractivity contribution >= 4 is 26.9 Å². The number of likely N-dealkylation sites (N-methyl/N-ethyl adjacent to an activating group) is 1. The lowest BCUT2D eigenvalue weighted by molar-refractivity contribution is -0.119. The number of nitrogens with one attached hydrogen (secondary N) is 2. The highest BCUT2D eigenvalue weighted by atomic mass is 32.2. The molecule has 0 saturated heterocycles. The third kappa shape index (κ3) is 3.61. The van der Waals surface area contributed by atoms with E-state index >= 15 is 0 Å². The molecule has 0 bridgehead atoms. The maximum atomic E-state index is 13.2. The van der Waals surface area contributed by atoms with Crippen LogP contribution in [0.1, 0.15) is 5.69 Å². The van der Waals surface area contributed by atoms with E-state index in [9.17, 15) is 17.6 Å². The highest BCUT2D eigenvalue weighted by Crippen LogP contribution is 2.25. The summed E-state index contributed by atoms with van der Waals surface area (Å²) >= 11 is 0. The number of nitrogens with zero attached hydrogens (tertiary/aromatic N) is 1. The average Bonchev–Trinajstić information content (AvgIpc) is 2.96. The fourth-order valence-electron chi connectivity index (χ4n) is 2.28. The zero-order valence-corrected chi connectivity index (χ0v) is 13.9. The first-order chi connectivity index (χ1) is 11.9. The predicted octanol–water partition coefficient (Wildman–Crippen LogP) is 1.76. The van der Waals surface area contributed by atoms with Gasteiger partial charge in [0, 0.05) is 12.4 Å². The van der Waals surface area contributed by atoms with Crippen LogP contribution in [0.3, 0.4) is 0 Å². The molecule has 3 rings (SSSR count). The zero-order valence-electron chi connectivity index (χ0n) is 13.1. The largest absolute Gasteiger partial charge is 0.379 e. The topological polar surface area (TPSA) is 101 Å². The van der Waals surface area contributed by atoms with Gasteiger partial charge in [-0.2, -0.15) is 13.5 Å². The molecule has 0 aliphatic carbocycles. The molecule has 0 spiro atoms. The summed E-state index contributed by atoms with van der Waals surface area (Å²) in [5.41, 5.74) is 1.09. The van der Waals surface area contributed by atoms with E-state index in [0.29, 0.717) is 16.6 Å². The Labute approximate surface area is 142 Å². The number of hydrogen-bond acceptors (Lipinski definition) is 5. The first-order valence-corrected chi connectivity index (χ1v) is 8.67. The van der Waals surface area contributed by atoms with E-state index in [1.54, 1.807) is 6.07 Å². The van der Waals surface area contributed by atoms with Crippen LogP contribution in [0, 0.1) is 5.82 Å². The summed E-state index contributed by atoms with van der Waals surface area (Å²) < 4.78 is 42.8. The number of fused-ring (bicyclic) bond motifs is 1. The van der Waals surface area contributed by atoms with Crippen molar-refractivity contribution < 1.29 is 21.8 Å². The van der Waals surface area contributed by atoms with Gasteiger partial charge >= 0.3 is 10.1 Å².